The largest absolute Gasteiger partial charge is 0.337 e. The smallest absolute Gasteiger partial charge is 0.142 e. The zero-order valence-corrected chi connectivity index (χ0v) is 14.4. The molecule has 24 heavy (non-hydrogen) atoms. The van der Waals surface area contributed by atoms with E-state index in [9.17, 15) is 0 Å². The van der Waals surface area contributed by atoms with E-state index in [-0.39, 0.29) is 6.04 Å². The highest BCUT2D eigenvalue weighted by molar-refractivity contribution is 7.13. The molecule has 7 heteroatoms. The molecule has 0 amide bonds. The van der Waals surface area contributed by atoms with Crippen LogP contribution in [0.15, 0.2) is 42.2 Å². The molecule has 1 atom stereocenters. The predicted molar refractivity (Wildman–Crippen MR) is 94.6 cm³/mol. The predicted octanol–water partition coefficient (Wildman–Crippen LogP) is 2.09. The van der Waals surface area contributed by atoms with Gasteiger partial charge in [-0.15, -0.1) is 11.3 Å². The Hall–Kier alpha value is -2.09. The number of nitrogens with zero attached hydrogens (tertiary/aromatic N) is 5. The van der Waals surface area contributed by atoms with Crippen LogP contribution in [0.25, 0.3) is 10.7 Å². The lowest BCUT2D eigenvalue weighted by molar-refractivity contribution is 0.143. The van der Waals surface area contributed by atoms with Gasteiger partial charge in [0.15, 0.2) is 0 Å². The lowest BCUT2D eigenvalue weighted by atomic mass is 10.1. The summed E-state index contributed by atoms with van der Waals surface area (Å²) < 4.78 is 2.10. The molecule has 3 aromatic rings. The van der Waals surface area contributed by atoms with E-state index in [1.807, 2.05) is 36.8 Å². The van der Waals surface area contributed by atoms with Gasteiger partial charge in [0, 0.05) is 57.2 Å². The van der Waals surface area contributed by atoms with Crippen molar-refractivity contribution in [3.05, 3.63) is 53.7 Å². The molecule has 6 nitrogen and oxygen atoms in total. The fourth-order valence-corrected chi connectivity index (χ4v) is 3.87. The summed E-state index contributed by atoms with van der Waals surface area (Å²) in [6.07, 6.45) is 5.68. The SMILES string of the molecule is Cn1ccnc1C1CNCCN1Cc1csc(-c2ccccn2)n1. The molecule has 0 aromatic carbocycles. The standard InChI is InChI=1S/C17H20N6S/c1-22-8-7-20-16(22)15-10-18-6-9-23(15)11-13-12-24-17(21-13)14-4-2-3-5-19-14/h2-5,7-8,12,15,18H,6,9-11H2,1H3. The van der Waals surface area contributed by atoms with Crippen LogP contribution in [0.4, 0.5) is 0 Å². The lowest BCUT2D eigenvalue weighted by Crippen LogP contribution is -2.46. The van der Waals surface area contributed by atoms with E-state index in [0.717, 1.165) is 48.4 Å². The van der Waals surface area contributed by atoms with Crippen LogP contribution in [0.5, 0.6) is 0 Å². The van der Waals surface area contributed by atoms with Gasteiger partial charge < -0.3 is 9.88 Å². The third kappa shape index (κ3) is 3.10. The Morgan fingerprint density at radius 2 is 2.25 bits per heavy atom. The van der Waals surface area contributed by atoms with Gasteiger partial charge in [-0.1, -0.05) is 6.07 Å². The number of hydrogen-bond donors (Lipinski definition) is 1. The van der Waals surface area contributed by atoms with E-state index in [4.69, 9.17) is 4.98 Å². The topological polar surface area (TPSA) is 58.9 Å². The second-order valence-corrected chi connectivity index (χ2v) is 6.80. The average Bonchev–Trinajstić information content (AvgIpc) is 3.25. The Kier molecular flexibility index (Phi) is 4.38. The summed E-state index contributed by atoms with van der Waals surface area (Å²) in [5.74, 6) is 1.10. The summed E-state index contributed by atoms with van der Waals surface area (Å²) >= 11 is 1.66. The van der Waals surface area contributed by atoms with E-state index < -0.39 is 0 Å². The fraction of sp³-hybridized carbons (Fsp3) is 0.353. The number of piperazine rings is 1. The molecule has 4 rings (SSSR count). The van der Waals surface area contributed by atoms with Crippen LogP contribution in [-0.2, 0) is 13.6 Å². The molecule has 4 heterocycles. The van der Waals surface area contributed by atoms with Crippen molar-refractivity contribution in [1.29, 1.82) is 0 Å². The highest BCUT2D eigenvalue weighted by Gasteiger charge is 2.27. The van der Waals surface area contributed by atoms with Gasteiger partial charge >= 0.3 is 0 Å². The number of aryl methyl sites for hydroxylation is 1. The minimum atomic E-state index is 0.277. The summed E-state index contributed by atoms with van der Waals surface area (Å²) in [4.78, 5) is 16.2. The Balaban J connectivity index is 1.53. The van der Waals surface area contributed by atoms with Gasteiger partial charge in [0.25, 0.3) is 0 Å². The van der Waals surface area contributed by atoms with E-state index in [1.54, 1.807) is 11.3 Å². The number of imidazole rings is 1. The van der Waals surface area contributed by atoms with Crippen molar-refractivity contribution in [1.82, 2.24) is 29.7 Å². The van der Waals surface area contributed by atoms with Gasteiger partial charge in [-0.2, -0.15) is 0 Å². The molecule has 1 saturated heterocycles. The Morgan fingerprint density at radius 3 is 3.04 bits per heavy atom. The van der Waals surface area contributed by atoms with Gasteiger partial charge in [-0.25, -0.2) is 9.97 Å². The first-order valence-electron chi connectivity index (χ1n) is 8.09. The molecule has 0 spiro atoms. The van der Waals surface area contributed by atoms with Crippen molar-refractivity contribution >= 4 is 11.3 Å². The molecule has 1 unspecified atom stereocenters. The summed E-state index contributed by atoms with van der Waals surface area (Å²) in [7, 11) is 2.05. The Morgan fingerprint density at radius 1 is 1.29 bits per heavy atom. The third-order valence-electron chi connectivity index (χ3n) is 4.31. The van der Waals surface area contributed by atoms with Crippen LogP contribution in [0, 0.1) is 0 Å². The minimum Gasteiger partial charge on any atom is -0.337 e. The lowest BCUT2D eigenvalue weighted by Gasteiger charge is -2.35. The maximum Gasteiger partial charge on any atom is 0.142 e. The van der Waals surface area contributed by atoms with Gasteiger partial charge in [0.1, 0.15) is 10.8 Å². The zero-order chi connectivity index (χ0) is 16.4. The van der Waals surface area contributed by atoms with Crippen LogP contribution >= 0.6 is 11.3 Å². The first-order chi connectivity index (χ1) is 11.8. The second-order valence-electron chi connectivity index (χ2n) is 5.95. The minimum absolute atomic E-state index is 0.277. The number of hydrogen-bond acceptors (Lipinski definition) is 6. The number of rotatable bonds is 4. The van der Waals surface area contributed by atoms with Gasteiger partial charge in [0.05, 0.1) is 17.4 Å². The highest BCUT2D eigenvalue weighted by Crippen LogP contribution is 2.26. The molecule has 3 aromatic heterocycles. The van der Waals surface area contributed by atoms with E-state index in [0.29, 0.717) is 0 Å². The molecular formula is C17H20N6S. The van der Waals surface area contributed by atoms with Crippen molar-refractivity contribution in [3.8, 4) is 10.7 Å². The van der Waals surface area contributed by atoms with Gasteiger partial charge in [-0.3, -0.25) is 9.88 Å². The Labute approximate surface area is 145 Å². The molecule has 1 aliphatic rings. The number of thiazole rings is 1. The number of aromatic nitrogens is 4. The Bertz CT molecular complexity index is 796. The first-order valence-corrected chi connectivity index (χ1v) is 8.97. The normalized spacial score (nSPS) is 18.8. The van der Waals surface area contributed by atoms with Crippen LogP contribution in [-0.4, -0.2) is 44.1 Å². The molecule has 0 saturated carbocycles. The number of pyridine rings is 1. The summed E-state index contributed by atoms with van der Waals surface area (Å²) in [6, 6.07) is 6.20. The number of nitrogens with one attached hydrogen (secondary N) is 1. The summed E-state index contributed by atoms with van der Waals surface area (Å²) in [5, 5.41) is 6.60. The van der Waals surface area contributed by atoms with Crippen molar-refractivity contribution in [2.24, 2.45) is 7.05 Å². The second kappa shape index (κ2) is 6.80. The van der Waals surface area contributed by atoms with E-state index in [1.165, 1.54) is 0 Å². The molecule has 0 bridgehead atoms. The maximum atomic E-state index is 4.78. The zero-order valence-electron chi connectivity index (χ0n) is 13.6. The quantitative estimate of drug-likeness (QED) is 0.788. The average molecular weight is 340 g/mol. The monoisotopic (exact) mass is 340 g/mol. The third-order valence-corrected chi connectivity index (χ3v) is 5.23. The van der Waals surface area contributed by atoms with Crippen LogP contribution < -0.4 is 5.32 Å². The van der Waals surface area contributed by atoms with Crippen LogP contribution in [0.2, 0.25) is 0 Å². The molecular weight excluding hydrogens is 320 g/mol. The van der Waals surface area contributed by atoms with Crippen molar-refractivity contribution in [2.75, 3.05) is 19.6 Å². The summed E-state index contributed by atoms with van der Waals surface area (Å²) in [6.45, 7) is 3.75. The van der Waals surface area contributed by atoms with E-state index in [2.05, 4.69) is 37.2 Å². The van der Waals surface area contributed by atoms with Crippen molar-refractivity contribution < 1.29 is 0 Å². The van der Waals surface area contributed by atoms with Gasteiger partial charge in [0.2, 0.25) is 0 Å². The molecule has 0 radical (unpaired) electrons. The fourth-order valence-electron chi connectivity index (χ4n) is 3.08. The van der Waals surface area contributed by atoms with Crippen LogP contribution in [0.1, 0.15) is 17.6 Å². The maximum absolute atomic E-state index is 4.78. The molecule has 0 aliphatic carbocycles. The molecule has 1 aliphatic heterocycles. The first kappa shape index (κ1) is 15.4. The van der Waals surface area contributed by atoms with Crippen LogP contribution in [0.3, 0.4) is 0 Å². The van der Waals surface area contributed by atoms with Crippen molar-refractivity contribution in [2.45, 2.75) is 12.6 Å². The summed E-state index contributed by atoms with van der Waals surface area (Å²) in [5.41, 5.74) is 2.04. The van der Waals surface area contributed by atoms with Crippen molar-refractivity contribution in [3.63, 3.8) is 0 Å². The molecule has 124 valence electrons. The van der Waals surface area contributed by atoms with Gasteiger partial charge in [-0.05, 0) is 12.1 Å². The van der Waals surface area contributed by atoms with E-state index >= 15 is 0 Å². The molecule has 1 N–H and O–H groups in total. The highest BCUT2D eigenvalue weighted by atomic mass is 32.1. The molecule has 1 fully saturated rings.